The maximum atomic E-state index is 8.67. The normalized spacial score (nSPS) is 12.0. The van der Waals surface area contributed by atoms with Crippen LogP contribution in [0, 0.1) is 0 Å². The van der Waals surface area contributed by atoms with Crippen LogP contribution in [-0.2, 0) is 0 Å². The number of hydrogen-bond donors (Lipinski definition) is 2. The van der Waals surface area contributed by atoms with Crippen LogP contribution in [0.15, 0.2) is 18.2 Å². The Labute approximate surface area is 106 Å². The summed E-state index contributed by atoms with van der Waals surface area (Å²) in [6.45, 7) is 0.145. The fraction of sp³-hybridized carbons (Fsp3) is 0.400. The number of rotatable bonds is 4. The van der Waals surface area contributed by atoms with Gasteiger partial charge in [0.25, 0.3) is 0 Å². The van der Waals surface area contributed by atoms with E-state index in [0.29, 0.717) is 22.9 Å². The molecule has 1 aromatic carbocycles. The van der Waals surface area contributed by atoms with E-state index in [-0.39, 0.29) is 25.1 Å². The number of aliphatic hydroxyl groups excluding tert-OH is 1. The molecule has 0 amide bonds. The highest BCUT2D eigenvalue weighted by atomic mass is 35.5. The molecule has 0 aliphatic heterocycles. The molecule has 15 heavy (non-hydrogen) atoms. The second-order valence-corrected chi connectivity index (χ2v) is 3.90. The maximum Gasteiger partial charge on any atom is 0.0639 e. The Balaban J connectivity index is 0.00000196. The third-order valence-electron chi connectivity index (χ3n) is 2.05. The molecule has 3 N–H and O–H groups in total. The topological polar surface area (TPSA) is 46.2 Å². The van der Waals surface area contributed by atoms with Gasteiger partial charge < -0.3 is 10.8 Å². The zero-order chi connectivity index (χ0) is 10.6. The lowest BCUT2D eigenvalue weighted by Gasteiger charge is -2.13. The van der Waals surface area contributed by atoms with Crippen molar-refractivity contribution >= 4 is 35.6 Å². The second-order valence-electron chi connectivity index (χ2n) is 3.12. The van der Waals surface area contributed by atoms with Crippen molar-refractivity contribution in [1.82, 2.24) is 0 Å². The molecule has 1 aromatic rings. The number of benzene rings is 1. The SMILES string of the molecule is Cl.N[C@H](CCCO)c1cccc(Cl)c1Cl. The molecular formula is C10H14Cl3NO. The lowest BCUT2D eigenvalue weighted by molar-refractivity contribution is 0.280. The lowest BCUT2D eigenvalue weighted by Crippen LogP contribution is -2.11. The van der Waals surface area contributed by atoms with E-state index in [0.717, 1.165) is 5.56 Å². The van der Waals surface area contributed by atoms with Crippen LogP contribution in [0.5, 0.6) is 0 Å². The van der Waals surface area contributed by atoms with Crippen molar-refractivity contribution < 1.29 is 5.11 Å². The van der Waals surface area contributed by atoms with Gasteiger partial charge in [-0.3, -0.25) is 0 Å². The van der Waals surface area contributed by atoms with Gasteiger partial charge in [-0.15, -0.1) is 12.4 Å². The molecule has 1 atom stereocenters. The summed E-state index contributed by atoms with van der Waals surface area (Å²) in [5, 5.41) is 9.70. The van der Waals surface area contributed by atoms with E-state index in [1.807, 2.05) is 12.1 Å². The van der Waals surface area contributed by atoms with Crippen LogP contribution in [0.2, 0.25) is 10.0 Å². The third-order valence-corrected chi connectivity index (χ3v) is 2.89. The minimum atomic E-state index is -0.159. The first-order valence-electron chi connectivity index (χ1n) is 4.47. The Hall–Kier alpha value is 0.01000. The van der Waals surface area contributed by atoms with Crippen molar-refractivity contribution in [3.8, 4) is 0 Å². The Kier molecular flexibility index (Phi) is 7.32. The molecule has 0 bridgehead atoms. The largest absolute Gasteiger partial charge is 0.396 e. The third kappa shape index (κ3) is 4.17. The van der Waals surface area contributed by atoms with Gasteiger partial charge in [0.15, 0.2) is 0 Å². The molecular weight excluding hydrogens is 256 g/mol. The number of hydrogen-bond acceptors (Lipinski definition) is 2. The van der Waals surface area contributed by atoms with Crippen LogP contribution in [0.1, 0.15) is 24.4 Å². The van der Waals surface area contributed by atoms with Gasteiger partial charge in [-0.25, -0.2) is 0 Å². The molecule has 0 aliphatic carbocycles. The molecule has 86 valence electrons. The Morgan fingerprint density at radius 2 is 2.00 bits per heavy atom. The van der Waals surface area contributed by atoms with E-state index >= 15 is 0 Å². The van der Waals surface area contributed by atoms with E-state index in [1.165, 1.54) is 0 Å². The molecule has 0 radical (unpaired) electrons. The lowest BCUT2D eigenvalue weighted by atomic mass is 10.0. The molecule has 0 aromatic heterocycles. The number of halogens is 3. The molecule has 5 heteroatoms. The van der Waals surface area contributed by atoms with E-state index in [9.17, 15) is 0 Å². The predicted molar refractivity (Wildman–Crippen MR) is 67.0 cm³/mol. The Morgan fingerprint density at radius 1 is 1.33 bits per heavy atom. The molecule has 0 heterocycles. The fourth-order valence-corrected chi connectivity index (χ4v) is 1.72. The molecule has 2 nitrogen and oxygen atoms in total. The van der Waals surface area contributed by atoms with Crippen LogP contribution in [0.3, 0.4) is 0 Å². The summed E-state index contributed by atoms with van der Waals surface area (Å²) in [6.07, 6.45) is 1.38. The molecule has 0 unspecified atom stereocenters. The smallest absolute Gasteiger partial charge is 0.0639 e. The first-order valence-corrected chi connectivity index (χ1v) is 5.22. The summed E-state index contributed by atoms with van der Waals surface area (Å²) in [7, 11) is 0. The molecule has 0 spiro atoms. The summed E-state index contributed by atoms with van der Waals surface area (Å²) in [5.74, 6) is 0. The van der Waals surface area contributed by atoms with Crippen LogP contribution < -0.4 is 5.73 Å². The Bertz CT molecular complexity index is 307. The summed E-state index contributed by atoms with van der Waals surface area (Å²) < 4.78 is 0. The summed E-state index contributed by atoms with van der Waals surface area (Å²) in [6, 6.07) is 5.25. The van der Waals surface area contributed by atoms with Gasteiger partial charge in [0.05, 0.1) is 10.0 Å². The standard InChI is InChI=1S/C10H13Cl2NO.ClH/c11-8-4-1-3-7(10(8)12)9(13)5-2-6-14;/h1,3-4,9,14H,2,5-6,13H2;1H/t9-;/m1./s1. The number of aliphatic hydroxyl groups is 1. The monoisotopic (exact) mass is 269 g/mol. The van der Waals surface area contributed by atoms with E-state index in [4.69, 9.17) is 34.0 Å². The highest BCUT2D eigenvalue weighted by molar-refractivity contribution is 6.42. The minimum Gasteiger partial charge on any atom is -0.396 e. The predicted octanol–water partition coefficient (Wildman–Crippen LogP) is 3.19. The number of nitrogens with two attached hydrogens (primary N) is 1. The van der Waals surface area contributed by atoms with Crippen LogP contribution in [0.4, 0.5) is 0 Å². The molecule has 1 rings (SSSR count). The van der Waals surface area contributed by atoms with Gasteiger partial charge in [0.1, 0.15) is 0 Å². The van der Waals surface area contributed by atoms with Crippen molar-refractivity contribution in [2.24, 2.45) is 5.73 Å². The molecule has 0 aliphatic rings. The average molecular weight is 271 g/mol. The molecule has 0 fully saturated rings. The highest BCUT2D eigenvalue weighted by Gasteiger charge is 2.11. The van der Waals surface area contributed by atoms with Crippen molar-refractivity contribution in [3.63, 3.8) is 0 Å². The van der Waals surface area contributed by atoms with Crippen molar-refractivity contribution in [2.45, 2.75) is 18.9 Å². The van der Waals surface area contributed by atoms with Crippen LogP contribution >= 0.6 is 35.6 Å². The minimum absolute atomic E-state index is 0. The summed E-state index contributed by atoms with van der Waals surface area (Å²) in [4.78, 5) is 0. The second kappa shape index (κ2) is 7.31. The van der Waals surface area contributed by atoms with Gasteiger partial charge in [-0.05, 0) is 24.5 Å². The van der Waals surface area contributed by atoms with Crippen molar-refractivity contribution in [3.05, 3.63) is 33.8 Å². The van der Waals surface area contributed by atoms with E-state index in [1.54, 1.807) is 6.07 Å². The fourth-order valence-electron chi connectivity index (χ4n) is 1.27. The summed E-state index contributed by atoms with van der Waals surface area (Å²) >= 11 is 11.8. The quantitative estimate of drug-likeness (QED) is 0.883. The first-order chi connectivity index (χ1) is 6.66. The Morgan fingerprint density at radius 3 is 2.60 bits per heavy atom. The first kappa shape index (κ1) is 15.0. The molecule has 0 saturated carbocycles. The van der Waals surface area contributed by atoms with Crippen LogP contribution in [-0.4, -0.2) is 11.7 Å². The van der Waals surface area contributed by atoms with Crippen molar-refractivity contribution in [2.75, 3.05) is 6.61 Å². The van der Waals surface area contributed by atoms with Gasteiger partial charge in [0.2, 0.25) is 0 Å². The van der Waals surface area contributed by atoms with Gasteiger partial charge >= 0.3 is 0 Å². The molecule has 0 saturated heterocycles. The highest BCUT2D eigenvalue weighted by Crippen LogP contribution is 2.30. The van der Waals surface area contributed by atoms with E-state index in [2.05, 4.69) is 0 Å². The van der Waals surface area contributed by atoms with Crippen LogP contribution in [0.25, 0.3) is 0 Å². The van der Waals surface area contributed by atoms with Gasteiger partial charge in [0, 0.05) is 12.6 Å². The maximum absolute atomic E-state index is 8.67. The average Bonchev–Trinajstić information content (AvgIpc) is 2.18. The zero-order valence-electron chi connectivity index (χ0n) is 8.12. The van der Waals surface area contributed by atoms with E-state index < -0.39 is 0 Å². The van der Waals surface area contributed by atoms with Gasteiger partial charge in [-0.1, -0.05) is 35.3 Å². The summed E-state index contributed by atoms with van der Waals surface area (Å²) in [5.41, 5.74) is 6.74. The van der Waals surface area contributed by atoms with Crippen molar-refractivity contribution in [1.29, 1.82) is 0 Å². The van der Waals surface area contributed by atoms with Gasteiger partial charge in [-0.2, -0.15) is 0 Å². The zero-order valence-corrected chi connectivity index (χ0v) is 10.4.